The fourth-order valence-electron chi connectivity index (χ4n) is 3.12. The number of aromatic nitrogens is 2. The molecule has 1 aromatic heterocycles. The van der Waals surface area contributed by atoms with Gasteiger partial charge >= 0.3 is 0 Å². The lowest BCUT2D eigenvalue weighted by molar-refractivity contribution is 0.643. The third kappa shape index (κ3) is 3.60. The van der Waals surface area contributed by atoms with E-state index in [1.165, 1.54) is 4.68 Å². The molecule has 4 nitrogen and oxygen atoms in total. The molecule has 0 unspecified atom stereocenters. The zero-order valence-electron chi connectivity index (χ0n) is 15.1. The van der Waals surface area contributed by atoms with Crippen molar-refractivity contribution >= 4 is 0 Å². The highest BCUT2D eigenvalue weighted by atomic mass is 16.1. The fourth-order valence-corrected chi connectivity index (χ4v) is 3.12. The summed E-state index contributed by atoms with van der Waals surface area (Å²) >= 11 is 0. The molecule has 0 radical (unpaired) electrons. The maximum Gasteiger partial charge on any atom is 0.267 e. The van der Waals surface area contributed by atoms with Gasteiger partial charge in [-0.2, -0.15) is 10.4 Å². The average molecular weight is 363 g/mol. The van der Waals surface area contributed by atoms with Crippen LogP contribution in [0.4, 0.5) is 0 Å². The molecule has 0 N–H and O–H groups in total. The minimum absolute atomic E-state index is 0.140. The topological polar surface area (TPSA) is 58.7 Å². The van der Waals surface area contributed by atoms with Crippen molar-refractivity contribution in [3.8, 4) is 28.5 Å². The Labute approximate surface area is 163 Å². The number of benzene rings is 3. The second kappa shape index (κ2) is 7.73. The van der Waals surface area contributed by atoms with Gasteiger partial charge in [0.05, 0.1) is 23.9 Å². The molecule has 0 spiro atoms. The van der Waals surface area contributed by atoms with Gasteiger partial charge < -0.3 is 0 Å². The van der Waals surface area contributed by atoms with Gasteiger partial charge in [0, 0.05) is 11.6 Å². The highest BCUT2D eigenvalue weighted by Crippen LogP contribution is 2.23. The second-order valence-corrected chi connectivity index (χ2v) is 6.43. The summed E-state index contributed by atoms with van der Waals surface area (Å²) in [6.45, 7) is 0.389. The Morgan fingerprint density at radius 2 is 1.50 bits per heavy atom. The summed E-state index contributed by atoms with van der Waals surface area (Å²) in [5.74, 6) is 0. The molecular formula is C24H17N3O. The molecule has 0 aliphatic heterocycles. The van der Waals surface area contributed by atoms with Gasteiger partial charge in [0.2, 0.25) is 0 Å². The van der Waals surface area contributed by atoms with Gasteiger partial charge in [-0.05, 0) is 28.8 Å². The Kier molecular flexibility index (Phi) is 4.81. The van der Waals surface area contributed by atoms with E-state index in [4.69, 9.17) is 0 Å². The molecule has 0 aliphatic carbocycles. The minimum Gasteiger partial charge on any atom is -0.268 e. The van der Waals surface area contributed by atoms with Crippen LogP contribution in [-0.4, -0.2) is 9.78 Å². The predicted molar refractivity (Wildman–Crippen MR) is 110 cm³/mol. The quantitative estimate of drug-likeness (QED) is 0.536. The number of nitrogens with zero attached hydrogens (tertiary/aromatic N) is 3. The molecule has 4 heteroatoms. The van der Waals surface area contributed by atoms with E-state index in [9.17, 15) is 10.1 Å². The Morgan fingerprint density at radius 1 is 0.786 bits per heavy atom. The summed E-state index contributed by atoms with van der Waals surface area (Å²) in [6.07, 6.45) is 0. The van der Waals surface area contributed by atoms with Gasteiger partial charge in [0.1, 0.15) is 0 Å². The molecule has 4 aromatic rings. The first kappa shape index (κ1) is 17.4. The van der Waals surface area contributed by atoms with Crippen LogP contribution in [0, 0.1) is 11.3 Å². The van der Waals surface area contributed by atoms with Gasteiger partial charge in [-0.3, -0.25) is 4.79 Å². The number of nitriles is 1. The van der Waals surface area contributed by atoms with Crippen molar-refractivity contribution < 1.29 is 0 Å². The van der Waals surface area contributed by atoms with E-state index in [0.29, 0.717) is 12.1 Å². The second-order valence-electron chi connectivity index (χ2n) is 6.43. The molecule has 0 saturated carbocycles. The summed E-state index contributed by atoms with van der Waals surface area (Å²) in [5, 5.41) is 13.8. The first-order valence-electron chi connectivity index (χ1n) is 8.96. The lowest BCUT2D eigenvalue weighted by Crippen LogP contribution is -2.22. The first-order valence-corrected chi connectivity index (χ1v) is 8.96. The van der Waals surface area contributed by atoms with Crippen LogP contribution in [0.1, 0.15) is 11.1 Å². The molecule has 4 rings (SSSR count). The van der Waals surface area contributed by atoms with E-state index in [2.05, 4.69) is 11.2 Å². The molecular weight excluding hydrogens is 346 g/mol. The molecule has 0 amide bonds. The Balaban J connectivity index is 1.62. The molecule has 0 atom stereocenters. The van der Waals surface area contributed by atoms with Crippen LogP contribution in [-0.2, 0) is 6.54 Å². The van der Waals surface area contributed by atoms with Crippen molar-refractivity contribution in [1.82, 2.24) is 9.78 Å². The van der Waals surface area contributed by atoms with E-state index in [1.807, 2.05) is 78.9 Å². The maximum absolute atomic E-state index is 12.2. The van der Waals surface area contributed by atoms with Crippen LogP contribution in [0.2, 0.25) is 0 Å². The van der Waals surface area contributed by atoms with Crippen LogP contribution in [0.5, 0.6) is 0 Å². The highest BCUT2D eigenvalue weighted by molar-refractivity contribution is 5.70. The van der Waals surface area contributed by atoms with Crippen molar-refractivity contribution in [3.63, 3.8) is 0 Å². The molecule has 0 saturated heterocycles. The summed E-state index contributed by atoms with van der Waals surface area (Å²) in [4.78, 5) is 12.2. The van der Waals surface area contributed by atoms with E-state index < -0.39 is 0 Å². The van der Waals surface area contributed by atoms with Crippen molar-refractivity contribution in [2.24, 2.45) is 0 Å². The van der Waals surface area contributed by atoms with E-state index in [1.54, 1.807) is 12.1 Å². The molecule has 0 aliphatic rings. The third-order valence-electron chi connectivity index (χ3n) is 4.58. The Bertz CT molecular complexity index is 1200. The standard InChI is InChI=1S/C24H17N3O/c25-16-21-8-4-5-9-22(21)19-12-10-18(11-13-19)17-27-24(28)15-14-23(26-27)20-6-2-1-3-7-20/h1-15H,17H2. The summed E-state index contributed by atoms with van der Waals surface area (Å²) in [5.41, 5.74) is 5.08. The van der Waals surface area contributed by atoms with Crippen LogP contribution >= 0.6 is 0 Å². The first-order chi connectivity index (χ1) is 13.7. The normalized spacial score (nSPS) is 10.4. The fraction of sp³-hybridized carbons (Fsp3) is 0.0417. The lowest BCUT2D eigenvalue weighted by Gasteiger charge is -2.09. The highest BCUT2D eigenvalue weighted by Gasteiger charge is 2.06. The maximum atomic E-state index is 12.2. The largest absolute Gasteiger partial charge is 0.268 e. The Morgan fingerprint density at radius 3 is 2.25 bits per heavy atom. The monoisotopic (exact) mass is 363 g/mol. The SMILES string of the molecule is N#Cc1ccccc1-c1ccc(Cn2nc(-c3ccccc3)ccc2=O)cc1. The van der Waals surface area contributed by atoms with Gasteiger partial charge in [0.25, 0.3) is 5.56 Å². The van der Waals surface area contributed by atoms with Gasteiger partial charge in [-0.1, -0.05) is 72.8 Å². The molecule has 28 heavy (non-hydrogen) atoms. The van der Waals surface area contributed by atoms with Gasteiger partial charge in [-0.15, -0.1) is 0 Å². The average Bonchev–Trinajstić information content (AvgIpc) is 2.76. The number of hydrogen-bond acceptors (Lipinski definition) is 3. The van der Waals surface area contributed by atoms with Crippen molar-refractivity contribution in [2.45, 2.75) is 6.54 Å². The summed E-state index contributed by atoms with van der Waals surface area (Å²) < 4.78 is 1.47. The molecule has 3 aromatic carbocycles. The summed E-state index contributed by atoms with van der Waals surface area (Å²) in [7, 11) is 0. The van der Waals surface area contributed by atoms with Gasteiger partial charge in [0.15, 0.2) is 0 Å². The molecule has 0 bridgehead atoms. The van der Waals surface area contributed by atoms with Crippen molar-refractivity contribution in [1.29, 1.82) is 5.26 Å². The van der Waals surface area contributed by atoms with E-state index >= 15 is 0 Å². The third-order valence-corrected chi connectivity index (χ3v) is 4.58. The van der Waals surface area contributed by atoms with E-state index in [-0.39, 0.29) is 5.56 Å². The van der Waals surface area contributed by atoms with Crippen LogP contribution < -0.4 is 5.56 Å². The van der Waals surface area contributed by atoms with Crippen LogP contribution in [0.25, 0.3) is 22.4 Å². The number of hydrogen-bond donors (Lipinski definition) is 0. The molecule has 1 heterocycles. The smallest absolute Gasteiger partial charge is 0.267 e. The van der Waals surface area contributed by atoms with E-state index in [0.717, 1.165) is 27.9 Å². The van der Waals surface area contributed by atoms with Crippen molar-refractivity contribution in [3.05, 3.63) is 112 Å². The lowest BCUT2D eigenvalue weighted by atomic mass is 9.99. The molecule has 0 fully saturated rings. The zero-order chi connectivity index (χ0) is 19.3. The Hall–Kier alpha value is -3.97. The number of rotatable bonds is 4. The van der Waals surface area contributed by atoms with Crippen LogP contribution in [0.15, 0.2) is 95.8 Å². The summed E-state index contributed by atoms with van der Waals surface area (Å²) in [6, 6.07) is 30.7. The predicted octanol–water partition coefficient (Wildman–Crippen LogP) is 4.50. The van der Waals surface area contributed by atoms with Crippen LogP contribution in [0.3, 0.4) is 0 Å². The minimum atomic E-state index is -0.140. The van der Waals surface area contributed by atoms with Crippen molar-refractivity contribution in [2.75, 3.05) is 0 Å². The van der Waals surface area contributed by atoms with Gasteiger partial charge in [-0.25, -0.2) is 4.68 Å². The zero-order valence-corrected chi connectivity index (χ0v) is 15.1. The molecule has 134 valence electrons.